The highest BCUT2D eigenvalue weighted by molar-refractivity contribution is 6.30. The highest BCUT2D eigenvalue weighted by Crippen LogP contribution is 2.29. The van der Waals surface area contributed by atoms with Gasteiger partial charge in [0.25, 0.3) is 0 Å². The molecular weight excluding hydrogens is 294 g/mol. The first kappa shape index (κ1) is 14.7. The number of hydrogen-bond acceptors (Lipinski definition) is 1. The Morgan fingerprint density at radius 1 is 1.00 bits per heavy atom. The quantitative estimate of drug-likeness (QED) is 0.777. The summed E-state index contributed by atoms with van der Waals surface area (Å²) in [5, 5.41) is 3.14. The van der Waals surface area contributed by atoms with E-state index >= 15 is 0 Å². The number of anilines is 1. The van der Waals surface area contributed by atoms with Crippen molar-refractivity contribution in [2.45, 2.75) is 12.7 Å². The van der Waals surface area contributed by atoms with Gasteiger partial charge in [0.15, 0.2) is 0 Å². The smallest absolute Gasteiger partial charge is 0.381 e. The Morgan fingerprint density at radius 2 is 1.65 bits per heavy atom. The number of alkyl halides is 3. The molecule has 0 spiro atoms. The minimum Gasteiger partial charge on any atom is -0.381 e. The summed E-state index contributed by atoms with van der Waals surface area (Å²) < 4.78 is 50.6. The number of benzene rings is 2. The molecule has 0 amide bonds. The summed E-state index contributed by atoms with van der Waals surface area (Å²) in [7, 11) is 0. The zero-order chi connectivity index (χ0) is 14.8. The van der Waals surface area contributed by atoms with Crippen molar-refractivity contribution in [2.75, 3.05) is 5.32 Å². The summed E-state index contributed by atoms with van der Waals surface area (Å²) >= 11 is 5.63. The van der Waals surface area contributed by atoms with E-state index < -0.39 is 17.6 Å². The number of nitrogens with one attached hydrogen (secondary N) is 1. The predicted molar refractivity (Wildman–Crippen MR) is 70.2 cm³/mol. The first-order valence-electron chi connectivity index (χ1n) is 5.71. The van der Waals surface area contributed by atoms with Crippen molar-refractivity contribution in [3.05, 3.63) is 64.4 Å². The molecule has 0 bridgehead atoms. The normalized spacial score (nSPS) is 11.4. The molecule has 6 heteroatoms. The molecule has 2 aromatic rings. The molecule has 0 heterocycles. The molecule has 2 rings (SSSR count). The van der Waals surface area contributed by atoms with Crippen LogP contribution in [0.4, 0.5) is 23.2 Å². The summed E-state index contributed by atoms with van der Waals surface area (Å²) in [5.74, 6) is -0.461. The summed E-state index contributed by atoms with van der Waals surface area (Å²) in [6, 6.07) is 8.81. The molecule has 0 unspecified atom stereocenters. The average Bonchev–Trinajstić information content (AvgIpc) is 2.37. The molecule has 2 aromatic carbocycles. The van der Waals surface area contributed by atoms with Crippen LogP contribution in [0.15, 0.2) is 42.5 Å². The zero-order valence-corrected chi connectivity index (χ0v) is 10.9. The SMILES string of the molecule is Fc1cc(Cl)ccc1CNc1ccc(C(F)(F)F)cc1. The molecule has 20 heavy (non-hydrogen) atoms. The monoisotopic (exact) mass is 303 g/mol. The zero-order valence-electron chi connectivity index (χ0n) is 10.1. The number of hydrogen-bond donors (Lipinski definition) is 1. The lowest BCUT2D eigenvalue weighted by Crippen LogP contribution is -2.05. The van der Waals surface area contributed by atoms with Gasteiger partial charge in [-0.1, -0.05) is 17.7 Å². The van der Waals surface area contributed by atoms with E-state index in [1.54, 1.807) is 6.07 Å². The third kappa shape index (κ3) is 3.63. The van der Waals surface area contributed by atoms with Crippen LogP contribution >= 0.6 is 11.6 Å². The summed E-state index contributed by atoms with van der Waals surface area (Å²) in [6.45, 7) is 0.161. The Bertz CT molecular complexity index is 593. The number of halogens is 5. The van der Waals surface area contributed by atoms with Crippen LogP contribution in [-0.2, 0) is 12.7 Å². The Labute approximate surface area is 118 Å². The lowest BCUT2D eigenvalue weighted by Gasteiger charge is -2.10. The van der Waals surface area contributed by atoms with Crippen LogP contribution in [0.3, 0.4) is 0 Å². The molecule has 0 aromatic heterocycles. The van der Waals surface area contributed by atoms with Gasteiger partial charge in [-0.15, -0.1) is 0 Å². The fraction of sp³-hybridized carbons (Fsp3) is 0.143. The third-order valence-electron chi connectivity index (χ3n) is 2.71. The largest absolute Gasteiger partial charge is 0.416 e. The van der Waals surface area contributed by atoms with Crippen molar-refractivity contribution in [1.82, 2.24) is 0 Å². The minimum absolute atomic E-state index is 0.161. The molecule has 0 saturated carbocycles. The first-order valence-corrected chi connectivity index (χ1v) is 6.09. The van der Waals surface area contributed by atoms with Gasteiger partial charge in [0.05, 0.1) is 5.56 Å². The fourth-order valence-corrected chi connectivity index (χ4v) is 1.80. The van der Waals surface area contributed by atoms with Crippen LogP contribution in [0.5, 0.6) is 0 Å². The van der Waals surface area contributed by atoms with Gasteiger partial charge in [-0.2, -0.15) is 13.2 Å². The first-order chi connectivity index (χ1) is 9.36. The molecule has 0 fully saturated rings. The Hall–Kier alpha value is -1.75. The molecular formula is C14H10ClF4N. The van der Waals surface area contributed by atoms with E-state index in [1.807, 2.05) is 0 Å². The van der Waals surface area contributed by atoms with Crippen LogP contribution in [0.25, 0.3) is 0 Å². The van der Waals surface area contributed by atoms with Gasteiger partial charge in [-0.25, -0.2) is 4.39 Å². The van der Waals surface area contributed by atoms with Gasteiger partial charge in [0.2, 0.25) is 0 Å². The van der Waals surface area contributed by atoms with Gasteiger partial charge < -0.3 is 5.32 Å². The number of rotatable bonds is 3. The maximum atomic E-state index is 13.5. The molecule has 0 aliphatic heterocycles. The van der Waals surface area contributed by atoms with Crippen LogP contribution in [0.2, 0.25) is 5.02 Å². The second-order valence-electron chi connectivity index (χ2n) is 4.16. The summed E-state index contributed by atoms with van der Waals surface area (Å²) in [5.41, 5.74) is 0.141. The molecule has 0 aliphatic rings. The maximum absolute atomic E-state index is 13.5. The van der Waals surface area contributed by atoms with E-state index in [0.717, 1.165) is 12.1 Å². The lowest BCUT2D eigenvalue weighted by molar-refractivity contribution is -0.137. The second-order valence-corrected chi connectivity index (χ2v) is 4.60. The van der Waals surface area contributed by atoms with Crippen molar-refractivity contribution in [1.29, 1.82) is 0 Å². The van der Waals surface area contributed by atoms with Crippen LogP contribution in [-0.4, -0.2) is 0 Å². The Morgan fingerprint density at radius 3 is 2.20 bits per heavy atom. The van der Waals surface area contributed by atoms with Crippen LogP contribution in [0, 0.1) is 5.82 Å². The van der Waals surface area contributed by atoms with Gasteiger partial charge in [0, 0.05) is 22.8 Å². The molecule has 1 nitrogen and oxygen atoms in total. The van der Waals surface area contributed by atoms with E-state index in [9.17, 15) is 17.6 Å². The van der Waals surface area contributed by atoms with Crippen molar-refractivity contribution in [3.63, 3.8) is 0 Å². The average molecular weight is 304 g/mol. The van der Waals surface area contributed by atoms with E-state index in [-0.39, 0.29) is 6.54 Å². The Balaban J connectivity index is 2.04. The van der Waals surface area contributed by atoms with Gasteiger partial charge in [-0.3, -0.25) is 0 Å². The van der Waals surface area contributed by atoms with Crippen molar-refractivity contribution < 1.29 is 17.6 Å². The predicted octanol–water partition coefficient (Wildman–Crippen LogP) is 5.11. The molecule has 0 radical (unpaired) electrons. The van der Waals surface area contributed by atoms with Crippen LogP contribution < -0.4 is 5.32 Å². The van der Waals surface area contributed by atoms with Gasteiger partial charge in [0.1, 0.15) is 5.82 Å². The molecule has 0 aliphatic carbocycles. The van der Waals surface area contributed by atoms with Crippen molar-refractivity contribution in [2.24, 2.45) is 0 Å². The maximum Gasteiger partial charge on any atom is 0.416 e. The second kappa shape index (κ2) is 5.71. The molecule has 106 valence electrons. The van der Waals surface area contributed by atoms with Crippen molar-refractivity contribution >= 4 is 17.3 Å². The van der Waals surface area contributed by atoms with E-state index in [0.29, 0.717) is 16.3 Å². The third-order valence-corrected chi connectivity index (χ3v) is 2.95. The standard InChI is InChI=1S/C14H10ClF4N/c15-11-4-1-9(13(16)7-11)8-20-12-5-2-10(3-6-12)14(17,18)19/h1-7,20H,8H2. The lowest BCUT2D eigenvalue weighted by atomic mass is 10.2. The molecule has 1 N–H and O–H groups in total. The molecule has 0 atom stereocenters. The molecule has 0 saturated heterocycles. The van der Waals surface area contributed by atoms with E-state index in [2.05, 4.69) is 5.32 Å². The highest BCUT2D eigenvalue weighted by Gasteiger charge is 2.29. The van der Waals surface area contributed by atoms with E-state index in [4.69, 9.17) is 11.6 Å². The summed E-state index contributed by atoms with van der Waals surface area (Å²) in [4.78, 5) is 0. The highest BCUT2D eigenvalue weighted by atomic mass is 35.5. The van der Waals surface area contributed by atoms with E-state index in [1.165, 1.54) is 24.3 Å². The fourth-order valence-electron chi connectivity index (χ4n) is 1.64. The van der Waals surface area contributed by atoms with Gasteiger partial charge >= 0.3 is 6.18 Å². The van der Waals surface area contributed by atoms with Crippen molar-refractivity contribution in [3.8, 4) is 0 Å². The topological polar surface area (TPSA) is 12.0 Å². The minimum atomic E-state index is -4.36. The Kier molecular flexibility index (Phi) is 4.18. The van der Waals surface area contributed by atoms with Gasteiger partial charge in [-0.05, 0) is 36.4 Å². The summed E-state index contributed by atoms with van der Waals surface area (Å²) in [6.07, 6.45) is -4.36. The van der Waals surface area contributed by atoms with Crippen LogP contribution in [0.1, 0.15) is 11.1 Å².